The van der Waals surface area contributed by atoms with Crippen LogP contribution in [0.15, 0.2) is 29.3 Å². The van der Waals surface area contributed by atoms with Crippen molar-refractivity contribution in [1.29, 1.82) is 0 Å². The van der Waals surface area contributed by atoms with Crippen molar-refractivity contribution in [2.45, 2.75) is 25.7 Å². The van der Waals surface area contributed by atoms with Gasteiger partial charge in [0.2, 0.25) is 5.91 Å². The van der Waals surface area contributed by atoms with Crippen molar-refractivity contribution in [3.05, 3.63) is 35.6 Å². The molecule has 2 rings (SSSR count). The highest BCUT2D eigenvalue weighted by Crippen LogP contribution is 2.19. The highest BCUT2D eigenvalue weighted by molar-refractivity contribution is 14.0. The van der Waals surface area contributed by atoms with Gasteiger partial charge in [0.25, 0.3) is 0 Å². The number of hydrogen-bond donors (Lipinski definition) is 2. The average molecular weight is 448 g/mol. The van der Waals surface area contributed by atoms with E-state index in [9.17, 15) is 9.18 Å². The number of nitrogens with one attached hydrogen (secondary N) is 1. The quantitative estimate of drug-likeness (QED) is 0.412. The lowest BCUT2D eigenvalue weighted by Gasteiger charge is -2.34. The van der Waals surface area contributed by atoms with Crippen molar-refractivity contribution < 1.29 is 9.18 Å². The molecule has 1 aliphatic heterocycles. The molecule has 1 heterocycles. The van der Waals surface area contributed by atoms with Gasteiger partial charge in [-0.1, -0.05) is 12.1 Å². The third-order valence-corrected chi connectivity index (χ3v) is 4.11. The van der Waals surface area contributed by atoms with Gasteiger partial charge in [0.05, 0.1) is 0 Å². The topological polar surface area (TPSA) is 70.7 Å². The number of carbonyl (C=O) groups excluding carboxylic acids is 1. The van der Waals surface area contributed by atoms with Gasteiger partial charge in [0, 0.05) is 33.1 Å². The molecule has 1 aromatic carbocycles. The number of aliphatic imine (C=N–C) groups is 1. The van der Waals surface area contributed by atoms with E-state index in [1.165, 1.54) is 6.07 Å². The number of nitrogens with zero attached hydrogens (tertiary/aromatic N) is 2. The number of halogens is 2. The van der Waals surface area contributed by atoms with Crippen LogP contribution in [-0.2, 0) is 11.2 Å². The minimum atomic E-state index is -0.245. The van der Waals surface area contributed by atoms with Crippen LogP contribution >= 0.6 is 24.0 Å². The van der Waals surface area contributed by atoms with Crippen molar-refractivity contribution >= 4 is 35.8 Å². The molecule has 7 heteroatoms. The Balaban J connectivity index is 0.00000288. The number of likely N-dealkylation sites (tertiary alicyclic amines) is 1. The fourth-order valence-electron chi connectivity index (χ4n) is 3.05. The number of amides is 1. The SMILES string of the molecule is CN=C(NCCc1cccc(F)c1)N1CCCC(CC(N)=O)C1.I. The van der Waals surface area contributed by atoms with E-state index in [4.69, 9.17) is 5.73 Å². The molecule has 1 atom stereocenters. The van der Waals surface area contributed by atoms with Crippen molar-refractivity contribution in [3.63, 3.8) is 0 Å². The lowest BCUT2D eigenvalue weighted by atomic mass is 9.95. The fraction of sp³-hybridized carbons (Fsp3) is 0.529. The van der Waals surface area contributed by atoms with Crippen LogP contribution in [0.5, 0.6) is 0 Å². The molecule has 0 bridgehead atoms. The molecular weight excluding hydrogens is 422 g/mol. The zero-order chi connectivity index (χ0) is 16.7. The summed E-state index contributed by atoms with van der Waals surface area (Å²) in [6, 6.07) is 6.63. The summed E-state index contributed by atoms with van der Waals surface area (Å²) < 4.78 is 13.2. The Morgan fingerprint density at radius 1 is 1.50 bits per heavy atom. The van der Waals surface area contributed by atoms with Crippen LogP contribution < -0.4 is 11.1 Å². The Morgan fingerprint density at radius 2 is 2.29 bits per heavy atom. The molecule has 1 unspecified atom stereocenters. The van der Waals surface area contributed by atoms with Gasteiger partial charge in [-0.3, -0.25) is 9.79 Å². The zero-order valence-corrected chi connectivity index (χ0v) is 16.3. The molecule has 0 radical (unpaired) electrons. The maximum absolute atomic E-state index is 13.2. The first-order chi connectivity index (χ1) is 11.1. The summed E-state index contributed by atoms with van der Waals surface area (Å²) in [5.41, 5.74) is 6.26. The number of nitrogens with two attached hydrogens (primary N) is 1. The molecule has 1 saturated heterocycles. The second kappa shape index (κ2) is 10.5. The molecule has 0 aliphatic carbocycles. The van der Waals surface area contributed by atoms with Gasteiger partial charge in [-0.15, -0.1) is 24.0 Å². The number of rotatable bonds is 5. The monoisotopic (exact) mass is 448 g/mol. The van der Waals surface area contributed by atoms with Crippen molar-refractivity contribution in [2.75, 3.05) is 26.7 Å². The van der Waals surface area contributed by atoms with Gasteiger partial charge in [-0.2, -0.15) is 0 Å². The Labute approximate surface area is 159 Å². The van der Waals surface area contributed by atoms with Gasteiger partial charge in [-0.05, 0) is 42.9 Å². The minimum Gasteiger partial charge on any atom is -0.370 e. The van der Waals surface area contributed by atoms with E-state index in [-0.39, 0.29) is 35.7 Å². The molecule has 0 spiro atoms. The lowest BCUT2D eigenvalue weighted by molar-refractivity contribution is -0.119. The molecule has 1 fully saturated rings. The second-order valence-corrected chi connectivity index (χ2v) is 5.98. The van der Waals surface area contributed by atoms with Gasteiger partial charge in [0.1, 0.15) is 5.82 Å². The van der Waals surface area contributed by atoms with Gasteiger partial charge >= 0.3 is 0 Å². The fourth-order valence-corrected chi connectivity index (χ4v) is 3.05. The number of guanidine groups is 1. The number of primary amides is 1. The Bertz CT molecular complexity index is 567. The maximum atomic E-state index is 13.2. The van der Waals surface area contributed by atoms with E-state index < -0.39 is 0 Å². The van der Waals surface area contributed by atoms with Gasteiger partial charge in [0.15, 0.2) is 5.96 Å². The summed E-state index contributed by atoms with van der Waals surface area (Å²) in [7, 11) is 1.75. The van der Waals surface area contributed by atoms with Crippen LogP contribution in [0.2, 0.25) is 0 Å². The smallest absolute Gasteiger partial charge is 0.217 e. The number of hydrogen-bond acceptors (Lipinski definition) is 2. The molecule has 1 aliphatic rings. The molecule has 134 valence electrons. The first-order valence-electron chi connectivity index (χ1n) is 8.07. The average Bonchev–Trinajstić information content (AvgIpc) is 2.51. The van der Waals surface area contributed by atoms with Crippen LogP contribution in [0.25, 0.3) is 0 Å². The van der Waals surface area contributed by atoms with Crippen molar-refractivity contribution in [2.24, 2.45) is 16.6 Å². The van der Waals surface area contributed by atoms with E-state index in [2.05, 4.69) is 15.2 Å². The van der Waals surface area contributed by atoms with E-state index in [1.807, 2.05) is 6.07 Å². The minimum absolute atomic E-state index is 0. The molecule has 1 amide bonds. The summed E-state index contributed by atoms with van der Waals surface area (Å²) in [5.74, 6) is 0.668. The van der Waals surface area contributed by atoms with Crippen LogP contribution in [0, 0.1) is 11.7 Å². The standard InChI is InChI=1S/C17H25FN4O.HI/c1-20-17(21-8-7-13-4-2-6-15(18)10-13)22-9-3-5-14(12-22)11-16(19)23;/h2,4,6,10,14H,3,5,7-9,11-12H2,1H3,(H2,19,23)(H,20,21);1H. The molecule has 1 aromatic rings. The second-order valence-electron chi connectivity index (χ2n) is 5.98. The molecular formula is C17H26FIN4O. The van der Waals surface area contributed by atoms with Crippen LogP contribution in [0.3, 0.4) is 0 Å². The Kier molecular flexibility index (Phi) is 9.02. The Hall–Kier alpha value is -1.38. The maximum Gasteiger partial charge on any atom is 0.217 e. The summed E-state index contributed by atoms with van der Waals surface area (Å²) in [6.07, 6.45) is 3.22. The van der Waals surface area contributed by atoms with Crippen LogP contribution in [0.1, 0.15) is 24.8 Å². The molecule has 3 N–H and O–H groups in total. The van der Waals surface area contributed by atoms with Crippen LogP contribution in [-0.4, -0.2) is 43.4 Å². The zero-order valence-electron chi connectivity index (χ0n) is 14.0. The molecule has 5 nitrogen and oxygen atoms in total. The first kappa shape index (κ1) is 20.7. The highest BCUT2D eigenvalue weighted by Gasteiger charge is 2.23. The first-order valence-corrected chi connectivity index (χ1v) is 8.07. The predicted octanol–water partition coefficient (Wildman–Crippen LogP) is 2.15. The third kappa shape index (κ3) is 6.62. The molecule has 0 aromatic heterocycles. The third-order valence-electron chi connectivity index (χ3n) is 4.11. The molecule has 24 heavy (non-hydrogen) atoms. The Morgan fingerprint density at radius 3 is 2.96 bits per heavy atom. The van der Waals surface area contributed by atoms with E-state index in [1.54, 1.807) is 19.2 Å². The van der Waals surface area contributed by atoms with Gasteiger partial charge < -0.3 is 16.0 Å². The highest BCUT2D eigenvalue weighted by atomic mass is 127. The number of benzene rings is 1. The predicted molar refractivity (Wildman–Crippen MR) is 105 cm³/mol. The largest absolute Gasteiger partial charge is 0.370 e. The van der Waals surface area contributed by atoms with E-state index in [0.717, 1.165) is 43.9 Å². The summed E-state index contributed by atoms with van der Waals surface area (Å²) in [5, 5.41) is 3.32. The number of piperidine rings is 1. The summed E-state index contributed by atoms with van der Waals surface area (Å²) in [4.78, 5) is 17.6. The molecule has 0 saturated carbocycles. The summed E-state index contributed by atoms with van der Waals surface area (Å²) in [6.45, 7) is 2.41. The van der Waals surface area contributed by atoms with Gasteiger partial charge in [-0.25, -0.2) is 4.39 Å². The summed E-state index contributed by atoms with van der Waals surface area (Å²) >= 11 is 0. The lowest BCUT2D eigenvalue weighted by Crippen LogP contribution is -2.47. The number of carbonyl (C=O) groups is 1. The van der Waals surface area contributed by atoms with E-state index in [0.29, 0.717) is 18.9 Å². The normalized spacial score (nSPS) is 18.0. The van der Waals surface area contributed by atoms with Crippen LogP contribution in [0.4, 0.5) is 4.39 Å². The van der Waals surface area contributed by atoms with Crippen molar-refractivity contribution in [1.82, 2.24) is 10.2 Å². The van der Waals surface area contributed by atoms with E-state index >= 15 is 0 Å². The van der Waals surface area contributed by atoms with Crippen molar-refractivity contribution in [3.8, 4) is 0 Å².